The highest BCUT2D eigenvalue weighted by Crippen LogP contribution is 2.42. The maximum atomic E-state index is 6.30. The summed E-state index contributed by atoms with van der Waals surface area (Å²) in [6.45, 7) is 2.49. The molecule has 1 unspecified atom stereocenters. The fraction of sp³-hybridized carbons (Fsp3) is 0.316. The van der Waals surface area contributed by atoms with Gasteiger partial charge in [0.05, 0.1) is 24.2 Å². The van der Waals surface area contributed by atoms with Gasteiger partial charge < -0.3 is 14.6 Å². The number of nitrogens with zero attached hydrogens (tertiary/aromatic N) is 2. The van der Waals surface area contributed by atoms with Crippen LogP contribution in [0.15, 0.2) is 48.5 Å². The molecule has 1 fully saturated rings. The first-order valence-corrected chi connectivity index (χ1v) is 8.26. The Hall–Kier alpha value is -2.33. The highest BCUT2D eigenvalue weighted by atomic mass is 16.5. The molecule has 1 aliphatic heterocycles. The van der Waals surface area contributed by atoms with E-state index in [1.165, 1.54) is 11.1 Å². The molecular formula is C19H19N3O. The van der Waals surface area contributed by atoms with Gasteiger partial charge in [-0.3, -0.25) is 0 Å². The predicted octanol–water partition coefficient (Wildman–Crippen LogP) is 3.24. The minimum Gasteiger partial charge on any atom is -0.367 e. The Balaban J connectivity index is 1.52. The normalized spacial score (nSPS) is 23.6. The number of nitrogens with one attached hydrogen (secondary N) is 1. The molecule has 1 atom stereocenters. The first-order chi connectivity index (χ1) is 11.3. The highest BCUT2D eigenvalue weighted by molar-refractivity contribution is 5.77. The van der Waals surface area contributed by atoms with Crippen molar-refractivity contribution in [2.75, 3.05) is 24.6 Å². The molecule has 4 nitrogen and oxygen atoms in total. The topological polar surface area (TPSA) is 41.2 Å². The maximum Gasteiger partial charge on any atom is 0.204 e. The summed E-state index contributed by atoms with van der Waals surface area (Å²) >= 11 is 0. The van der Waals surface area contributed by atoms with Crippen molar-refractivity contribution in [3.05, 3.63) is 59.7 Å². The summed E-state index contributed by atoms with van der Waals surface area (Å²) in [6.07, 6.45) is 2.16. The van der Waals surface area contributed by atoms with Gasteiger partial charge in [0, 0.05) is 6.54 Å². The van der Waals surface area contributed by atoms with E-state index >= 15 is 0 Å². The lowest BCUT2D eigenvalue weighted by Gasteiger charge is -2.41. The zero-order chi connectivity index (χ0) is 15.3. The SMILES string of the molecule is c1ccc2c(c1)CCC21CN(c2nc3ccccc3[nH]2)CCO1. The van der Waals surface area contributed by atoms with Gasteiger partial charge in [0.15, 0.2) is 0 Å². The monoisotopic (exact) mass is 305 g/mol. The van der Waals surface area contributed by atoms with E-state index in [4.69, 9.17) is 9.72 Å². The maximum absolute atomic E-state index is 6.30. The highest BCUT2D eigenvalue weighted by Gasteiger charge is 2.43. The quantitative estimate of drug-likeness (QED) is 0.750. The van der Waals surface area contributed by atoms with Gasteiger partial charge in [0.2, 0.25) is 5.95 Å². The molecule has 2 heterocycles. The number of aromatic nitrogens is 2. The number of hydrogen-bond donors (Lipinski definition) is 1. The minimum absolute atomic E-state index is 0.173. The first kappa shape index (κ1) is 13.1. The van der Waals surface area contributed by atoms with E-state index in [0.717, 1.165) is 49.5 Å². The molecule has 5 rings (SSSR count). The van der Waals surface area contributed by atoms with Crippen LogP contribution < -0.4 is 4.90 Å². The van der Waals surface area contributed by atoms with E-state index < -0.39 is 0 Å². The van der Waals surface area contributed by atoms with Crippen LogP contribution in [0.4, 0.5) is 5.95 Å². The van der Waals surface area contributed by atoms with Gasteiger partial charge in [-0.2, -0.15) is 0 Å². The molecule has 2 aromatic carbocycles. The molecule has 1 spiro atoms. The molecule has 0 amide bonds. The molecule has 1 aromatic heterocycles. The lowest BCUT2D eigenvalue weighted by molar-refractivity contribution is -0.0595. The Bertz CT molecular complexity index is 835. The van der Waals surface area contributed by atoms with Crippen LogP contribution in [0.1, 0.15) is 17.5 Å². The van der Waals surface area contributed by atoms with Gasteiger partial charge in [-0.15, -0.1) is 0 Å². The van der Waals surface area contributed by atoms with E-state index in [1.54, 1.807) is 0 Å². The largest absolute Gasteiger partial charge is 0.367 e. The summed E-state index contributed by atoms with van der Waals surface area (Å²) in [5, 5.41) is 0. The van der Waals surface area contributed by atoms with Crippen molar-refractivity contribution in [3.8, 4) is 0 Å². The van der Waals surface area contributed by atoms with Crippen molar-refractivity contribution in [2.24, 2.45) is 0 Å². The lowest BCUT2D eigenvalue weighted by Crippen LogP contribution is -2.49. The zero-order valence-electron chi connectivity index (χ0n) is 13.0. The van der Waals surface area contributed by atoms with E-state index in [9.17, 15) is 0 Å². The second kappa shape index (κ2) is 4.83. The fourth-order valence-electron chi connectivity index (χ4n) is 4.02. The zero-order valence-corrected chi connectivity index (χ0v) is 13.0. The number of anilines is 1. The van der Waals surface area contributed by atoms with Crippen molar-refractivity contribution < 1.29 is 4.74 Å². The second-order valence-electron chi connectivity index (χ2n) is 6.50. The number of ether oxygens (including phenoxy) is 1. The van der Waals surface area contributed by atoms with Gasteiger partial charge in [0.25, 0.3) is 0 Å². The average Bonchev–Trinajstić information content (AvgIpc) is 3.18. The van der Waals surface area contributed by atoms with Gasteiger partial charge in [-0.25, -0.2) is 4.98 Å². The molecular weight excluding hydrogens is 286 g/mol. The number of aromatic amines is 1. The summed E-state index contributed by atoms with van der Waals surface area (Å²) in [4.78, 5) is 10.6. The molecule has 1 saturated heterocycles. The third-order valence-corrected chi connectivity index (χ3v) is 5.17. The molecule has 23 heavy (non-hydrogen) atoms. The number of H-pyrrole nitrogens is 1. The Morgan fingerprint density at radius 3 is 2.91 bits per heavy atom. The summed E-state index contributed by atoms with van der Waals surface area (Å²) in [7, 11) is 0. The van der Waals surface area contributed by atoms with E-state index in [0.29, 0.717) is 0 Å². The number of hydrogen-bond acceptors (Lipinski definition) is 3. The third-order valence-electron chi connectivity index (χ3n) is 5.17. The second-order valence-corrected chi connectivity index (χ2v) is 6.50. The lowest BCUT2D eigenvalue weighted by atomic mass is 9.94. The number of rotatable bonds is 1. The van der Waals surface area contributed by atoms with Crippen LogP contribution in [0.25, 0.3) is 11.0 Å². The van der Waals surface area contributed by atoms with Crippen LogP contribution in [-0.2, 0) is 16.8 Å². The number of imidazole rings is 1. The van der Waals surface area contributed by atoms with Gasteiger partial charge in [-0.1, -0.05) is 36.4 Å². The molecule has 3 aromatic rings. The minimum atomic E-state index is -0.173. The average molecular weight is 305 g/mol. The van der Waals surface area contributed by atoms with Crippen LogP contribution >= 0.6 is 0 Å². The van der Waals surface area contributed by atoms with Crippen LogP contribution in [-0.4, -0.2) is 29.7 Å². The third kappa shape index (κ3) is 1.98. The van der Waals surface area contributed by atoms with Crippen molar-refractivity contribution in [1.82, 2.24) is 9.97 Å². The number of benzene rings is 2. The molecule has 116 valence electrons. The van der Waals surface area contributed by atoms with Gasteiger partial charge in [0.1, 0.15) is 5.60 Å². The Morgan fingerprint density at radius 1 is 1.09 bits per heavy atom. The Labute approximate surface area is 135 Å². The Kier molecular flexibility index (Phi) is 2.76. The van der Waals surface area contributed by atoms with Crippen molar-refractivity contribution in [1.29, 1.82) is 0 Å². The molecule has 0 saturated carbocycles. The number of para-hydroxylation sites is 2. The summed E-state index contributed by atoms with van der Waals surface area (Å²) < 4.78 is 6.30. The summed E-state index contributed by atoms with van der Waals surface area (Å²) in [5.74, 6) is 0.957. The fourth-order valence-corrected chi connectivity index (χ4v) is 4.02. The van der Waals surface area contributed by atoms with Crippen molar-refractivity contribution in [3.63, 3.8) is 0 Å². The molecule has 0 bridgehead atoms. The molecule has 1 aliphatic carbocycles. The number of aryl methyl sites for hydroxylation is 1. The van der Waals surface area contributed by atoms with Crippen molar-refractivity contribution >= 4 is 17.0 Å². The standard InChI is InChI=1S/C19H19N3O/c1-2-6-15-14(5-1)9-10-19(15)13-22(11-12-23-19)18-20-16-7-3-4-8-17(16)21-18/h1-8H,9-13H2,(H,20,21). The van der Waals surface area contributed by atoms with Crippen molar-refractivity contribution in [2.45, 2.75) is 18.4 Å². The van der Waals surface area contributed by atoms with Gasteiger partial charge >= 0.3 is 0 Å². The van der Waals surface area contributed by atoms with Crippen LogP contribution in [0.3, 0.4) is 0 Å². The molecule has 2 aliphatic rings. The molecule has 4 heteroatoms. The van der Waals surface area contributed by atoms with Crippen LogP contribution in [0.5, 0.6) is 0 Å². The van der Waals surface area contributed by atoms with Crippen LogP contribution in [0, 0.1) is 0 Å². The van der Waals surface area contributed by atoms with E-state index in [1.807, 2.05) is 12.1 Å². The van der Waals surface area contributed by atoms with E-state index in [2.05, 4.69) is 46.3 Å². The number of fused-ring (bicyclic) bond motifs is 3. The predicted molar refractivity (Wildman–Crippen MR) is 90.7 cm³/mol. The van der Waals surface area contributed by atoms with Crippen LogP contribution in [0.2, 0.25) is 0 Å². The smallest absolute Gasteiger partial charge is 0.204 e. The molecule has 0 radical (unpaired) electrons. The van der Waals surface area contributed by atoms with E-state index in [-0.39, 0.29) is 5.60 Å². The van der Waals surface area contributed by atoms with Gasteiger partial charge in [-0.05, 0) is 36.1 Å². The Morgan fingerprint density at radius 2 is 1.96 bits per heavy atom. The summed E-state index contributed by atoms with van der Waals surface area (Å²) in [6, 6.07) is 16.9. The summed E-state index contributed by atoms with van der Waals surface area (Å²) in [5.41, 5.74) is 4.73. The molecule has 1 N–H and O–H groups in total. The number of morpholine rings is 1. The first-order valence-electron chi connectivity index (χ1n) is 8.26.